The molecule has 0 bridgehead atoms. The van der Waals surface area contributed by atoms with Crippen molar-refractivity contribution in [1.29, 1.82) is 0 Å². The van der Waals surface area contributed by atoms with E-state index in [0.717, 1.165) is 0 Å². The standard InChI is InChI=1S/C14H16S8/c1-13(2)14(3,4)22-12-11(21-13)19-10(20-12)9-17-7-8(18-9)16-6-5-15-7/h5-6H2,1-4H3. The maximum atomic E-state index is 2.39. The van der Waals surface area contributed by atoms with Crippen LogP contribution in [0, 0.1) is 0 Å². The largest absolute Gasteiger partial charge is 0.116 e. The van der Waals surface area contributed by atoms with Gasteiger partial charge in [-0.2, -0.15) is 0 Å². The van der Waals surface area contributed by atoms with Crippen molar-refractivity contribution < 1.29 is 0 Å². The van der Waals surface area contributed by atoms with Crippen LogP contribution in [-0.2, 0) is 0 Å². The molecule has 4 aliphatic heterocycles. The van der Waals surface area contributed by atoms with Crippen molar-refractivity contribution in [2.75, 3.05) is 11.5 Å². The Labute approximate surface area is 166 Å². The van der Waals surface area contributed by atoms with Crippen LogP contribution in [0.3, 0.4) is 0 Å². The monoisotopic (exact) mass is 440 g/mol. The summed E-state index contributed by atoms with van der Waals surface area (Å²) in [5.74, 6) is 2.53. The zero-order valence-corrected chi connectivity index (χ0v) is 19.2. The fourth-order valence-corrected chi connectivity index (χ4v) is 15.2. The first kappa shape index (κ1) is 17.4. The van der Waals surface area contributed by atoms with E-state index in [4.69, 9.17) is 0 Å². The molecule has 0 amide bonds. The molecule has 0 atom stereocenters. The molecule has 0 saturated carbocycles. The third kappa shape index (κ3) is 3.10. The van der Waals surface area contributed by atoms with Crippen LogP contribution in [0.5, 0.6) is 0 Å². The van der Waals surface area contributed by atoms with Crippen LogP contribution in [0.4, 0.5) is 0 Å². The predicted molar refractivity (Wildman–Crippen MR) is 120 cm³/mol. The Morgan fingerprint density at radius 1 is 0.545 bits per heavy atom. The fraction of sp³-hybridized carbons (Fsp3) is 0.571. The Morgan fingerprint density at radius 2 is 0.909 bits per heavy atom. The summed E-state index contributed by atoms with van der Waals surface area (Å²) in [6.07, 6.45) is 0. The van der Waals surface area contributed by atoms with Gasteiger partial charge in [0.05, 0.1) is 25.4 Å². The number of rotatable bonds is 0. The second-order valence-corrected chi connectivity index (χ2v) is 17.2. The second kappa shape index (κ2) is 6.32. The van der Waals surface area contributed by atoms with Gasteiger partial charge >= 0.3 is 0 Å². The van der Waals surface area contributed by atoms with E-state index in [0.29, 0.717) is 0 Å². The molecule has 0 aromatic heterocycles. The van der Waals surface area contributed by atoms with Crippen LogP contribution in [-0.4, -0.2) is 21.0 Å². The highest BCUT2D eigenvalue weighted by molar-refractivity contribution is 8.45. The molecule has 0 aliphatic carbocycles. The minimum Gasteiger partial charge on any atom is -0.116 e. The Hall–Kier alpha value is 2.02. The second-order valence-electron chi connectivity index (χ2n) is 6.05. The van der Waals surface area contributed by atoms with Gasteiger partial charge < -0.3 is 0 Å². The minimum absolute atomic E-state index is 0.281. The maximum Gasteiger partial charge on any atom is 0.0717 e. The molecule has 4 heterocycles. The lowest BCUT2D eigenvalue weighted by atomic mass is 9.98. The normalized spacial score (nSPS) is 30.0. The zero-order valence-electron chi connectivity index (χ0n) is 12.7. The lowest BCUT2D eigenvalue weighted by molar-refractivity contribution is 0.554. The minimum atomic E-state index is 0.281. The van der Waals surface area contributed by atoms with Gasteiger partial charge in [-0.15, -0.1) is 47.0 Å². The maximum absolute atomic E-state index is 2.39. The summed E-state index contributed by atoms with van der Waals surface area (Å²) >= 11 is 16.3. The van der Waals surface area contributed by atoms with Crippen LogP contribution < -0.4 is 0 Å². The van der Waals surface area contributed by atoms with E-state index < -0.39 is 0 Å². The van der Waals surface area contributed by atoms with Gasteiger partial charge in [-0.3, -0.25) is 0 Å². The van der Waals surface area contributed by atoms with Gasteiger partial charge in [0.15, 0.2) is 0 Å². The van der Waals surface area contributed by atoms with Crippen LogP contribution in [0.25, 0.3) is 0 Å². The van der Waals surface area contributed by atoms with Gasteiger partial charge in [0.1, 0.15) is 0 Å². The van der Waals surface area contributed by atoms with Crippen LogP contribution >= 0.6 is 94.1 Å². The molecule has 0 spiro atoms. The first-order chi connectivity index (χ1) is 10.4. The number of hydrogen-bond acceptors (Lipinski definition) is 8. The Kier molecular flexibility index (Phi) is 5.01. The van der Waals surface area contributed by atoms with Crippen molar-refractivity contribution in [2.45, 2.75) is 37.2 Å². The average Bonchev–Trinajstić information content (AvgIpc) is 3.01. The topological polar surface area (TPSA) is 0 Å². The van der Waals surface area contributed by atoms with Crippen LogP contribution in [0.1, 0.15) is 27.7 Å². The SMILES string of the molecule is CC1(C)SC2=C(SC(=C3SC4=C(SCCS4)S3)S2)SC1(C)C. The third-order valence-corrected chi connectivity index (χ3v) is 16.8. The molecule has 0 nitrogen and oxygen atoms in total. The summed E-state index contributed by atoms with van der Waals surface area (Å²) < 4.78 is 9.78. The molecular weight excluding hydrogens is 425 g/mol. The summed E-state index contributed by atoms with van der Waals surface area (Å²) in [5.41, 5.74) is 0. The van der Waals surface area contributed by atoms with Crippen molar-refractivity contribution in [3.8, 4) is 0 Å². The van der Waals surface area contributed by atoms with Crippen molar-refractivity contribution in [3.05, 3.63) is 25.4 Å². The van der Waals surface area contributed by atoms with E-state index in [1.54, 1.807) is 8.47 Å². The molecule has 8 heteroatoms. The number of thioether (sulfide) groups is 8. The van der Waals surface area contributed by atoms with Gasteiger partial charge in [0.25, 0.3) is 0 Å². The Balaban J connectivity index is 1.55. The summed E-state index contributed by atoms with van der Waals surface area (Å²) in [4.78, 5) is 0. The summed E-state index contributed by atoms with van der Waals surface area (Å²) in [5, 5.41) is 0. The van der Waals surface area contributed by atoms with E-state index in [9.17, 15) is 0 Å². The quantitative estimate of drug-likeness (QED) is 0.368. The lowest BCUT2D eigenvalue weighted by Gasteiger charge is -2.43. The van der Waals surface area contributed by atoms with Gasteiger partial charge in [-0.1, -0.05) is 47.0 Å². The van der Waals surface area contributed by atoms with Crippen LogP contribution in [0.15, 0.2) is 25.4 Å². The highest BCUT2D eigenvalue weighted by Crippen LogP contribution is 2.71. The van der Waals surface area contributed by atoms with Crippen molar-refractivity contribution in [3.63, 3.8) is 0 Å². The molecular formula is C14H16S8. The Bertz CT molecular complexity index is 575. The summed E-state index contributed by atoms with van der Waals surface area (Å²) in [6.45, 7) is 9.55. The summed E-state index contributed by atoms with van der Waals surface area (Å²) in [6, 6.07) is 0. The molecule has 0 radical (unpaired) electrons. The molecule has 0 N–H and O–H groups in total. The van der Waals surface area contributed by atoms with E-state index >= 15 is 0 Å². The molecule has 0 unspecified atom stereocenters. The first-order valence-electron chi connectivity index (χ1n) is 6.94. The molecule has 120 valence electrons. The van der Waals surface area contributed by atoms with E-state index in [1.165, 1.54) is 28.5 Å². The van der Waals surface area contributed by atoms with Gasteiger partial charge in [-0.05, 0) is 27.7 Å². The fourth-order valence-electron chi connectivity index (χ4n) is 1.99. The smallest absolute Gasteiger partial charge is 0.0717 e. The van der Waals surface area contributed by atoms with Crippen LogP contribution in [0.2, 0.25) is 0 Å². The molecule has 4 rings (SSSR count). The van der Waals surface area contributed by atoms with Gasteiger partial charge in [-0.25, -0.2) is 0 Å². The van der Waals surface area contributed by atoms with Gasteiger partial charge in [0, 0.05) is 21.0 Å². The van der Waals surface area contributed by atoms with E-state index in [2.05, 4.69) is 51.2 Å². The lowest BCUT2D eigenvalue weighted by Crippen LogP contribution is -2.40. The molecule has 0 saturated heterocycles. The van der Waals surface area contributed by atoms with Crippen molar-refractivity contribution >= 4 is 94.1 Å². The molecule has 22 heavy (non-hydrogen) atoms. The highest BCUT2D eigenvalue weighted by Gasteiger charge is 2.47. The summed E-state index contributed by atoms with van der Waals surface area (Å²) in [7, 11) is 0. The Morgan fingerprint density at radius 3 is 1.32 bits per heavy atom. The predicted octanol–water partition coefficient (Wildman–Crippen LogP) is 7.84. The molecule has 0 aromatic carbocycles. The molecule has 0 aromatic rings. The van der Waals surface area contributed by atoms with Crippen molar-refractivity contribution in [2.24, 2.45) is 0 Å². The number of hydrogen-bond donors (Lipinski definition) is 0. The van der Waals surface area contributed by atoms with Crippen molar-refractivity contribution in [1.82, 2.24) is 0 Å². The molecule has 0 fully saturated rings. The van der Waals surface area contributed by atoms with Gasteiger partial charge in [0.2, 0.25) is 0 Å². The third-order valence-electron chi connectivity index (χ3n) is 3.94. The van der Waals surface area contributed by atoms with E-state index in [-0.39, 0.29) is 9.49 Å². The first-order valence-corrected chi connectivity index (χ1v) is 13.8. The molecule has 4 aliphatic rings. The zero-order chi connectivity index (χ0) is 15.5. The van der Waals surface area contributed by atoms with E-state index in [1.807, 2.05) is 70.6 Å². The average molecular weight is 441 g/mol. The highest BCUT2D eigenvalue weighted by atomic mass is 32.3.